The second kappa shape index (κ2) is 5.08. The predicted molar refractivity (Wildman–Crippen MR) is 57.1 cm³/mol. The summed E-state index contributed by atoms with van der Waals surface area (Å²) in [6.45, 7) is 2.03. The van der Waals surface area contributed by atoms with Crippen molar-refractivity contribution in [2.24, 2.45) is 0 Å². The Hall–Kier alpha value is -0.930. The van der Waals surface area contributed by atoms with Crippen LogP contribution in [0.5, 0.6) is 0 Å². The fraction of sp³-hybridized carbons (Fsp3) is 0.222. The lowest BCUT2D eigenvalue weighted by atomic mass is 10.3. The van der Waals surface area contributed by atoms with E-state index in [0.717, 1.165) is 0 Å². The van der Waals surface area contributed by atoms with E-state index in [9.17, 15) is 4.79 Å². The number of hydrogen-bond acceptors (Lipinski definition) is 2. The van der Waals surface area contributed by atoms with Gasteiger partial charge in [-0.05, 0) is 19.1 Å². The van der Waals surface area contributed by atoms with Crippen molar-refractivity contribution < 1.29 is 9.53 Å². The third-order valence-electron chi connectivity index (χ3n) is 1.46. The molecule has 0 atom stereocenters. The quantitative estimate of drug-likeness (QED) is 0.849. The molecule has 1 aromatic carbocycles. The predicted octanol–water partition coefficient (Wildman–Crippen LogP) is 3.56. The molecule has 0 aliphatic carbocycles. The fourth-order valence-corrected chi connectivity index (χ4v) is 1.23. The van der Waals surface area contributed by atoms with Gasteiger partial charge in [-0.2, -0.15) is 0 Å². The minimum Gasteiger partial charge on any atom is -0.450 e. The SMILES string of the molecule is CCOC(=O)Nc1cccc(Cl)c1Cl. The van der Waals surface area contributed by atoms with Crippen LogP contribution in [0.25, 0.3) is 0 Å². The van der Waals surface area contributed by atoms with Crippen LogP contribution in [0, 0.1) is 0 Å². The highest BCUT2D eigenvalue weighted by atomic mass is 35.5. The molecule has 1 aromatic rings. The zero-order chi connectivity index (χ0) is 10.6. The first-order valence-electron chi connectivity index (χ1n) is 4.03. The Morgan fingerprint density at radius 1 is 1.50 bits per heavy atom. The fourth-order valence-electron chi connectivity index (χ4n) is 0.877. The molecule has 76 valence electrons. The number of amides is 1. The van der Waals surface area contributed by atoms with Crippen molar-refractivity contribution in [2.45, 2.75) is 6.92 Å². The molecule has 0 spiro atoms. The molecule has 3 nitrogen and oxygen atoms in total. The molecule has 0 aliphatic rings. The van der Waals surface area contributed by atoms with Gasteiger partial charge in [-0.3, -0.25) is 5.32 Å². The third-order valence-corrected chi connectivity index (χ3v) is 2.28. The number of ether oxygens (including phenoxy) is 1. The Morgan fingerprint density at radius 3 is 2.86 bits per heavy atom. The largest absolute Gasteiger partial charge is 0.450 e. The second-order valence-electron chi connectivity index (χ2n) is 2.45. The molecular formula is C9H9Cl2NO2. The first-order valence-corrected chi connectivity index (χ1v) is 4.78. The Labute approximate surface area is 92.0 Å². The average Bonchev–Trinajstić information content (AvgIpc) is 2.13. The lowest BCUT2D eigenvalue weighted by Gasteiger charge is -2.07. The summed E-state index contributed by atoms with van der Waals surface area (Å²) < 4.78 is 4.69. The van der Waals surface area contributed by atoms with E-state index in [1.807, 2.05) is 0 Å². The van der Waals surface area contributed by atoms with Crippen LogP contribution < -0.4 is 5.32 Å². The molecule has 0 aromatic heterocycles. The maximum absolute atomic E-state index is 11.0. The Kier molecular flexibility index (Phi) is 4.04. The molecule has 0 fully saturated rings. The molecule has 1 amide bonds. The van der Waals surface area contributed by atoms with Gasteiger partial charge in [0.05, 0.1) is 22.3 Å². The molecule has 0 unspecified atom stereocenters. The van der Waals surface area contributed by atoms with Gasteiger partial charge in [0.1, 0.15) is 0 Å². The van der Waals surface area contributed by atoms with Crippen LogP contribution in [-0.2, 0) is 4.74 Å². The van der Waals surface area contributed by atoms with E-state index in [-0.39, 0.29) is 0 Å². The average molecular weight is 234 g/mol. The summed E-state index contributed by atoms with van der Waals surface area (Å²) in [6, 6.07) is 4.97. The van der Waals surface area contributed by atoms with Gasteiger partial charge >= 0.3 is 6.09 Å². The first-order chi connectivity index (χ1) is 6.65. The molecule has 1 rings (SSSR count). The summed E-state index contributed by atoms with van der Waals surface area (Å²) in [6.07, 6.45) is -0.545. The number of anilines is 1. The number of carbonyl (C=O) groups is 1. The summed E-state index contributed by atoms with van der Waals surface area (Å²) in [5.41, 5.74) is 0.442. The molecule has 14 heavy (non-hydrogen) atoms. The van der Waals surface area contributed by atoms with Crippen molar-refractivity contribution in [1.82, 2.24) is 0 Å². The molecule has 1 N–H and O–H groups in total. The highest BCUT2D eigenvalue weighted by Crippen LogP contribution is 2.29. The van der Waals surface area contributed by atoms with Crippen LogP contribution in [-0.4, -0.2) is 12.7 Å². The van der Waals surface area contributed by atoms with Gasteiger partial charge < -0.3 is 4.74 Å². The number of hydrogen-bond donors (Lipinski definition) is 1. The number of benzene rings is 1. The van der Waals surface area contributed by atoms with Crippen LogP contribution >= 0.6 is 23.2 Å². The van der Waals surface area contributed by atoms with Crippen LogP contribution in [0.2, 0.25) is 10.0 Å². The zero-order valence-electron chi connectivity index (χ0n) is 7.51. The lowest BCUT2D eigenvalue weighted by molar-refractivity contribution is 0.168. The summed E-state index contributed by atoms with van der Waals surface area (Å²) in [7, 11) is 0. The Balaban J connectivity index is 2.76. The maximum Gasteiger partial charge on any atom is 0.411 e. The molecular weight excluding hydrogens is 225 g/mol. The number of halogens is 2. The summed E-state index contributed by atoms with van der Waals surface area (Å²) in [4.78, 5) is 11.0. The van der Waals surface area contributed by atoms with Crippen molar-refractivity contribution in [3.63, 3.8) is 0 Å². The second-order valence-corrected chi connectivity index (χ2v) is 3.23. The van der Waals surface area contributed by atoms with Gasteiger partial charge in [0.15, 0.2) is 0 Å². The van der Waals surface area contributed by atoms with Crippen molar-refractivity contribution >= 4 is 35.0 Å². The van der Waals surface area contributed by atoms with E-state index in [1.54, 1.807) is 25.1 Å². The van der Waals surface area contributed by atoms with E-state index in [1.165, 1.54) is 0 Å². The van der Waals surface area contributed by atoms with Gasteiger partial charge in [-0.15, -0.1) is 0 Å². The van der Waals surface area contributed by atoms with Crippen LogP contribution in [0.4, 0.5) is 10.5 Å². The molecule has 5 heteroatoms. The number of nitrogens with one attached hydrogen (secondary N) is 1. The van der Waals surface area contributed by atoms with E-state index in [0.29, 0.717) is 22.3 Å². The Morgan fingerprint density at radius 2 is 2.21 bits per heavy atom. The van der Waals surface area contributed by atoms with Crippen molar-refractivity contribution in [1.29, 1.82) is 0 Å². The van der Waals surface area contributed by atoms with E-state index in [4.69, 9.17) is 23.2 Å². The molecule has 0 saturated heterocycles. The van der Waals surface area contributed by atoms with Crippen molar-refractivity contribution in [3.05, 3.63) is 28.2 Å². The topological polar surface area (TPSA) is 38.3 Å². The van der Waals surface area contributed by atoms with E-state index < -0.39 is 6.09 Å². The van der Waals surface area contributed by atoms with Crippen LogP contribution in [0.1, 0.15) is 6.92 Å². The van der Waals surface area contributed by atoms with Crippen LogP contribution in [0.15, 0.2) is 18.2 Å². The monoisotopic (exact) mass is 233 g/mol. The molecule has 0 bridgehead atoms. The van der Waals surface area contributed by atoms with E-state index in [2.05, 4.69) is 10.1 Å². The normalized spacial score (nSPS) is 9.64. The van der Waals surface area contributed by atoms with Gasteiger partial charge in [-0.25, -0.2) is 4.79 Å². The minimum absolute atomic E-state index is 0.308. The zero-order valence-corrected chi connectivity index (χ0v) is 9.02. The van der Waals surface area contributed by atoms with Crippen molar-refractivity contribution in [3.8, 4) is 0 Å². The minimum atomic E-state index is -0.545. The summed E-state index contributed by atoms with van der Waals surface area (Å²) in [5, 5.41) is 3.17. The van der Waals surface area contributed by atoms with Gasteiger partial charge in [0.25, 0.3) is 0 Å². The molecule has 0 heterocycles. The third kappa shape index (κ3) is 2.79. The van der Waals surface area contributed by atoms with E-state index >= 15 is 0 Å². The highest BCUT2D eigenvalue weighted by Gasteiger charge is 2.07. The van der Waals surface area contributed by atoms with Crippen LogP contribution in [0.3, 0.4) is 0 Å². The number of carbonyl (C=O) groups excluding carboxylic acids is 1. The lowest BCUT2D eigenvalue weighted by Crippen LogP contribution is -2.13. The van der Waals surface area contributed by atoms with Crippen molar-refractivity contribution in [2.75, 3.05) is 11.9 Å². The summed E-state index contributed by atoms with van der Waals surface area (Å²) >= 11 is 11.6. The molecule has 0 aliphatic heterocycles. The molecule has 0 saturated carbocycles. The van der Waals surface area contributed by atoms with Gasteiger partial charge in [0, 0.05) is 0 Å². The molecule has 0 radical (unpaired) electrons. The summed E-state index contributed by atoms with van der Waals surface area (Å²) in [5.74, 6) is 0. The first kappa shape index (κ1) is 11.1. The number of rotatable bonds is 2. The van der Waals surface area contributed by atoms with Gasteiger partial charge in [-0.1, -0.05) is 29.3 Å². The Bertz CT molecular complexity index is 342. The van der Waals surface area contributed by atoms with Gasteiger partial charge in [0.2, 0.25) is 0 Å². The maximum atomic E-state index is 11.0. The standard InChI is InChI=1S/C9H9Cl2NO2/c1-2-14-9(13)12-7-5-3-4-6(10)8(7)11/h3-5H,2H2,1H3,(H,12,13). The highest BCUT2D eigenvalue weighted by molar-refractivity contribution is 6.43. The smallest absolute Gasteiger partial charge is 0.411 e.